The number of alkyl halides is 3. The molecule has 1 fully saturated rings. The Labute approximate surface area is 124 Å². The maximum Gasteiger partial charge on any atom is 0.416 e. The first-order chi connectivity index (χ1) is 10.3. The quantitative estimate of drug-likeness (QED) is 0.795. The number of carboxylic acid groups (broad SMARTS) is 1. The Morgan fingerprint density at radius 2 is 1.91 bits per heavy atom. The topological polar surface area (TPSA) is 78.4 Å². The van der Waals surface area contributed by atoms with Crippen molar-refractivity contribution in [1.29, 1.82) is 0 Å². The normalized spacial score (nSPS) is 21.6. The van der Waals surface area contributed by atoms with Crippen LogP contribution in [0.3, 0.4) is 0 Å². The minimum absolute atomic E-state index is 0.101. The number of carbonyl (C=O) groups is 2. The van der Waals surface area contributed by atoms with E-state index < -0.39 is 23.8 Å². The standard InChI is InChI=1S/C14H15F3N2O3/c15-14(16,17)9-1-3-10(4-2-9)19-12(20)6-8-5-11(13(21)22)18-7-8/h1-4,8,11,18H,5-7H2,(H,19,20)(H,21,22). The predicted molar refractivity (Wildman–Crippen MR) is 72.2 cm³/mol. The van der Waals surface area contributed by atoms with E-state index in [4.69, 9.17) is 5.11 Å². The van der Waals surface area contributed by atoms with Gasteiger partial charge >= 0.3 is 12.1 Å². The van der Waals surface area contributed by atoms with E-state index in [-0.39, 0.29) is 23.9 Å². The van der Waals surface area contributed by atoms with Crippen LogP contribution in [-0.2, 0) is 15.8 Å². The lowest BCUT2D eigenvalue weighted by Gasteiger charge is -2.11. The monoisotopic (exact) mass is 316 g/mol. The van der Waals surface area contributed by atoms with Gasteiger partial charge in [-0.3, -0.25) is 9.59 Å². The molecule has 2 rings (SSSR count). The predicted octanol–water partition coefficient (Wildman–Crippen LogP) is 2.10. The Balaban J connectivity index is 1.86. The number of aliphatic carboxylic acids is 1. The summed E-state index contributed by atoms with van der Waals surface area (Å²) in [6.07, 6.45) is -3.93. The fourth-order valence-corrected chi connectivity index (χ4v) is 2.37. The molecule has 0 bridgehead atoms. The van der Waals surface area contributed by atoms with Crippen molar-refractivity contribution in [3.05, 3.63) is 29.8 Å². The Morgan fingerprint density at radius 3 is 2.41 bits per heavy atom. The maximum atomic E-state index is 12.4. The molecular weight excluding hydrogens is 301 g/mol. The molecule has 120 valence electrons. The van der Waals surface area contributed by atoms with Gasteiger partial charge in [-0.15, -0.1) is 0 Å². The van der Waals surface area contributed by atoms with Crippen LogP contribution in [-0.4, -0.2) is 29.6 Å². The number of hydrogen-bond donors (Lipinski definition) is 3. The number of carbonyl (C=O) groups excluding carboxylic acids is 1. The van der Waals surface area contributed by atoms with E-state index in [1.807, 2.05) is 0 Å². The minimum Gasteiger partial charge on any atom is -0.480 e. The lowest BCUT2D eigenvalue weighted by Crippen LogP contribution is -2.29. The zero-order valence-corrected chi connectivity index (χ0v) is 11.5. The van der Waals surface area contributed by atoms with Crippen molar-refractivity contribution in [2.45, 2.75) is 25.1 Å². The fraction of sp³-hybridized carbons (Fsp3) is 0.429. The van der Waals surface area contributed by atoms with E-state index in [0.717, 1.165) is 12.1 Å². The molecule has 0 saturated carbocycles. The molecule has 3 N–H and O–H groups in total. The van der Waals surface area contributed by atoms with Crippen molar-refractivity contribution in [2.24, 2.45) is 5.92 Å². The molecule has 2 unspecified atom stereocenters. The molecule has 0 radical (unpaired) electrons. The number of carboxylic acids is 1. The minimum atomic E-state index is -4.41. The highest BCUT2D eigenvalue weighted by Gasteiger charge is 2.31. The summed E-state index contributed by atoms with van der Waals surface area (Å²) in [4.78, 5) is 22.6. The second-order valence-electron chi connectivity index (χ2n) is 5.23. The van der Waals surface area contributed by atoms with Crippen molar-refractivity contribution in [3.8, 4) is 0 Å². The average molecular weight is 316 g/mol. The number of benzene rings is 1. The van der Waals surface area contributed by atoms with E-state index in [0.29, 0.717) is 13.0 Å². The van der Waals surface area contributed by atoms with Gasteiger partial charge in [-0.1, -0.05) is 0 Å². The first-order valence-corrected chi connectivity index (χ1v) is 6.69. The average Bonchev–Trinajstić information content (AvgIpc) is 2.86. The Hall–Kier alpha value is -2.09. The largest absolute Gasteiger partial charge is 0.480 e. The van der Waals surface area contributed by atoms with E-state index in [1.54, 1.807) is 0 Å². The molecule has 0 aliphatic carbocycles. The number of amides is 1. The van der Waals surface area contributed by atoms with E-state index >= 15 is 0 Å². The Morgan fingerprint density at radius 1 is 1.27 bits per heavy atom. The molecule has 8 heteroatoms. The van der Waals surface area contributed by atoms with Gasteiger partial charge in [-0.2, -0.15) is 13.2 Å². The summed E-state index contributed by atoms with van der Waals surface area (Å²) in [6.45, 7) is 0.428. The molecule has 0 spiro atoms. The number of rotatable bonds is 4. The lowest BCUT2D eigenvalue weighted by atomic mass is 10.0. The smallest absolute Gasteiger partial charge is 0.416 e. The highest BCUT2D eigenvalue weighted by Crippen LogP contribution is 2.30. The first-order valence-electron chi connectivity index (χ1n) is 6.69. The SMILES string of the molecule is O=C(CC1CNC(C(=O)O)C1)Nc1ccc(C(F)(F)F)cc1. The van der Waals surface area contributed by atoms with Crippen molar-refractivity contribution >= 4 is 17.6 Å². The number of anilines is 1. The maximum absolute atomic E-state index is 12.4. The molecule has 0 aromatic heterocycles. The zero-order valence-electron chi connectivity index (χ0n) is 11.5. The van der Waals surface area contributed by atoms with Crippen LogP contribution in [0.1, 0.15) is 18.4 Å². The molecule has 1 saturated heterocycles. The van der Waals surface area contributed by atoms with E-state index in [9.17, 15) is 22.8 Å². The van der Waals surface area contributed by atoms with Crippen LogP contribution < -0.4 is 10.6 Å². The van der Waals surface area contributed by atoms with Crippen LogP contribution in [0.4, 0.5) is 18.9 Å². The molecule has 1 aliphatic heterocycles. The second kappa shape index (κ2) is 6.35. The van der Waals surface area contributed by atoms with Gasteiger partial charge in [-0.25, -0.2) is 0 Å². The van der Waals surface area contributed by atoms with Crippen LogP contribution >= 0.6 is 0 Å². The number of nitrogens with one attached hydrogen (secondary N) is 2. The molecule has 1 aromatic carbocycles. The van der Waals surface area contributed by atoms with Gasteiger partial charge in [0.2, 0.25) is 5.91 Å². The second-order valence-corrected chi connectivity index (χ2v) is 5.23. The highest BCUT2D eigenvalue weighted by atomic mass is 19.4. The summed E-state index contributed by atoms with van der Waals surface area (Å²) in [7, 11) is 0. The summed E-state index contributed by atoms with van der Waals surface area (Å²) in [5.74, 6) is -1.40. The molecule has 1 aromatic rings. The summed E-state index contributed by atoms with van der Waals surface area (Å²) < 4.78 is 37.2. The van der Waals surface area contributed by atoms with Gasteiger partial charge < -0.3 is 15.7 Å². The van der Waals surface area contributed by atoms with Gasteiger partial charge in [0.1, 0.15) is 6.04 Å². The van der Waals surface area contributed by atoms with Crippen molar-refractivity contribution < 1.29 is 27.9 Å². The molecule has 22 heavy (non-hydrogen) atoms. The van der Waals surface area contributed by atoms with Gasteiger partial charge in [0, 0.05) is 12.1 Å². The van der Waals surface area contributed by atoms with Gasteiger partial charge in [0.05, 0.1) is 5.56 Å². The molecular formula is C14H15F3N2O3. The lowest BCUT2D eigenvalue weighted by molar-refractivity contribution is -0.139. The summed E-state index contributed by atoms with van der Waals surface area (Å²) in [6, 6.07) is 3.52. The third kappa shape index (κ3) is 4.20. The van der Waals surface area contributed by atoms with E-state index in [2.05, 4.69) is 10.6 Å². The van der Waals surface area contributed by atoms with Gasteiger partial charge in [0.25, 0.3) is 0 Å². The third-order valence-corrected chi connectivity index (χ3v) is 3.49. The highest BCUT2D eigenvalue weighted by molar-refractivity contribution is 5.91. The van der Waals surface area contributed by atoms with E-state index in [1.165, 1.54) is 12.1 Å². The number of halogens is 3. The van der Waals surface area contributed by atoms with Gasteiger partial charge in [-0.05, 0) is 43.1 Å². The third-order valence-electron chi connectivity index (χ3n) is 3.49. The Bertz CT molecular complexity index is 557. The molecule has 1 amide bonds. The zero-order chi connectivity index (χ0) is 16.3. The fourth-order valence-electron chi connectivity index (χ4n) is 2.37. The van der Waals surface area contributed by atoms with Crippen LogP contribution in [0.15, 0.2) is 24.3 Å². The van der Waals surface area contributed by atoms with Crippen molar-refractivity contribution in [3.63, 3.8) is 0 Å². The summed E-state index contributed by atoms with van der Waals surface area (Å²) in [5, 5.41) is 14.1. The van der Waals surface area contributed by atoms with Crippen LogP contribution in [0.2, 0.25) is 0 Å². The molecule has 1 aliphatic rings. The van der Waals surface area contributed by atoms with Crippen molar-refractivity contribution in [2.75, 3.05) is 11.9 Å². The first kappa shape index (κ1) is 16.3. The molecule has 2 atom stereocenters. The molecule has 1 heterocycles. The van der Waals surface area contributed by atoms with Crippen LogP contribution in [0.5, 0.6) is 0 Å². The van der Waals surface area contributed by atoms with Crippen LogP contribution in [0.25, 0.3) is 0 Å². The Kier molecular flexibility index (Phi) is 4.70. The van der Waals surface area contributed by atoms with Crippen LogP contribution in [0, 0.1) is 5.92 Å². The van der Waals surface area contributed by atoms with Crippen molar-refractivity contribution in [1.82, 2.24) is 5.32 Å². The number of hydrogen-bond acceptors (Lipinski definition) is 3. The summed E-state index contributed by atoms with van der Waals surface area (Å²) >= 11 is 0. The van der Waals surface area contributed by atoms with Gasteiger partial charge in [0.15, 0.2) is 0 Å². The summed E-state index contributed by atoms with van der Waals surface area (Å²) in [5.41, 5.74) is -0.506. The molecule has 5 nitrogen and oxygen atoms in total.